The lowest BCUT2D eigenvalue weighted by atomic mass is 10.0. The molecule has 0 radical (unpaired) electrons. The van der Waals surface area contributed by atoms with E-state index in [1.54, 1.807) is 0 Å². The van der Waals surface area contributed by atoms with Gasteiger partial charge in [-0.15, -0.1) is 0 Å². The van der Waals surface area contributed by atoms with Gasteiger partial charge >= 0.3 is 12.0 Å². The van der Waals surface area contributed by atoms with Gasteiger partial charge in [-0.05, 0) is 36.1 Å². The summed E-state index contributed by atoms with van der Waals surface area (Å²) in [5.41, 5.74) is 1.03. The Labute approximate surface area is 160 Å². The molecule has 8 heteroatoms. The van der Waals surface area contributed by atoms with Crippen LogP contribution in [0.1, 0.15) is 24.0 Å². The molecule has 0 aliphatic carbocycles. The normalized spacial score (nSPS) is 11.7. The monoisotopic (exact) mass is 394 g/mol. The third kappa shape index (κ3) is 6.29. The van der Waals surface area contributed by atoms with Crippen molar-refractivity contribution in [2.24, 2.45) is 0 Å². The molecule has 0 bridgehead atoms. The van der Waals surface area contributed by atoms with Crippen LogP contribution in [-0.2, 0) is 17.8 Å². The van der Waals surface area contributed by atoms with Crippen LogP contribution in [0.3, 0.4) is 0 Å². The summed E-state index contributed by atoms with van der Waals surface area (Å²) in [5.74, 6) is -5.19. The van der Waals surface area contributed by atoms with Crippen molar-refractivity contribution in [1.82, 2.24) is 10.2 Å². The third-order valence-corrected chi connectivity index (χ3v) is 4.17. The van der Waals surface area contributed by atoms with Crippen molar-refractivity contribution in [2.45, 2.75) is 31.8 Å². The second kappa shape index (κ2) is 9.77. The Bertz CT molecular complexity index is 808. The van der Waals surface area contributed by atoms with Gasteiger partial charge in [-0.2, -0.15) is 0 Å². The number of carboxylic acid groups (broad SMARTS) is 1. The van der Waals surface area contributed by atoms with E-state index in [9.17, 15) is 22.8 Å². The fourth-order valence-electron chi connectivity index (χ4n) is 2.75. The summed E-state index contributed by atoms with van der Waals surface area (Å²) in [5, 5.41) is 11.7. The lowest BCUT2D eigenvalue weighted by Gasteiger charge is -2.24. The number of benzene rings is 2. The largest absolute Gasteiger partial charge is 0.481 e. The van der Waals surface area contributed by atoms with Crippen LogP contribution < -0.4 is 5.32 Å². The number of nitrogens with zero attached hydrogens (tertiary/aromatic N) is 1. The average Bonchev–Trinajstić information content (AvgIpc) is 2.64. The third-order valence-electron chi connectivity index (χ3n) is 4.17. The van der Waals surface area contributed by atoms with Crippen molar-refractivity contribution < 1.29 is 27.9 Å². The Morgan fingerprint density at radius 2 is 1.68 bits per heavy atom. The molecule has 0 aromatic heterocycles. The van der Waals surface area contributed by atoms with Gasteiger partial charge in [0.25, 0.3) is 0 Å². The minimum Gasteiger partial charge on any atom is -0.481 e. The predicted molar refractivity (Wildman–Crippen MR) is 97.1 cm³/mol. The molecule has 2 aromatic rings. The predicted octanol–water partition coefficient (Wildman–Crippen LogP) is 3.72. The molecule has 0 aliphatic rings. The van der Waals surface area contributed by atoms with Gasteiger partial charge in [-0.3, -0.25) is 4.79 Å². The van der Waals surface area contributed by atoms with Crippen molar-refractivity contribution in [2.75, 3.05) is 7.05 Å². The molecule has 5 nitrogen and oxygen atoms in total. The van der Waals surface area contributed by atoms with Crippen LogP contribution in [0.25, 0.3) is 0 Å². The zero-order valence-corrected chi connectivity index (χ0v) is 15.3. The molecule has 0 saturated carbocycles. The number of carboxylic acids is 1. The summed E-state index contributed by atoms with van der Waals surface area (Å²) in [6.07, 6.45) is 0.549. The first-order chi connectivity index (χ1) is 13.3. The summed E-state index contributed by atoms with van der Waals surface area (Å²) in [4.78, 5) is 24.5. The maximum Gasteiger partial charge on any atom is 0.317 e. The second-order valence-electron chi connectivity index (χ2n) is 6.50. The van der Waals surface area contributed by atoms with E-state index < -0.39 is 35.5 Å². The zero-order chi connectivity index (χ0) is 20.7. The SMILES string of the molecule is CN(Cc1cc(F)c(F)c(F)c1)C(=O)NC(CCC(=O)O)Cc1ccccc1. The van der Waals surface area contributed by atoms with Gasteiger partial charge in [-0.1, -0.05) is 30.3 Å². The van der Waals surface area contributed by atoms with E-state index in [4.69, 9.17) is 5.11 Å². The van der Waals surface area contributed by atoms with Gasteiger partial charge in [-0.25, -0.2) is 18.0 Å². The van der Waals surface area contributed by atoms with E-state index in [1.165, 1.54) is 11.9 Å². The molecule has 1 atom stereocenters. The molecule has 1 unspecified atom stereocenters. The summed E-state index contributed by atoms with van der Waals surface area (Å²) >= 11 is 0. The van der Waals surface area contributed by atoms with Crippen molar-refractivity contribution in [3.63, 3.8) is 0 Å². The summed E-state index contributed by atoms with van der Waals surface area (Å²) < 4.78 is 39.7. The Balaban J connectivity index is 2.03. The summed E-state index contributed by atoms with van der Waals surface area (Å²) in [6, 6.07) is 9.96. The zero-order valence-electron chi connectivity index (χ0n) is 15.3. The highest BCUT2D eigenvalue weighted by atomic mass is 19.2. The van der Waals surface area contributed by atoms with Crippen LogP contribution in [0.4, 0.5) is 18.0 Å². The summed E-state index contributed by atoms with van der Waals surface area (Å²) in [7, 11) is 1.42. The number of halogens is 3. The summed E-state index contributed by atoms with van der Waals surface area (Å²) in [6.45, 7) is -0.142. The molecule has 2 aromatic carbocycles. The lowest BCUT2D eigenvalue weighted by molar-refractivity contribution is -0.137. The smallest absolute Gasteiger partial charge is 0.317 e. The van der Waals surface area contributed by atoms with E-state index in [1.807, 2.05) is 30.3 Å². The van der Waals surface area contributed by atoms with Crippen LogP contribution in [0.15, 0.2) is 42.5 Å². The van der Waals surface area contributed by atoms with Gasteiger partial charge < -0.3 is 15.3 Å². The molecule has 0 spiro atoms. The number of hydrogen-bond donors (Lipinski definition) is 2. The van der Waals surface area contributed by atoms with Crippen molar-refractivity contribution in [3.8, 4) is 0 Å². The van der Waals surface area contributed by atoms with E-state index in [0.717, 1.165) is 17.7 Å². The maximum absolute atomic E-state index is 13.3. The fraction of sp³-hybridized carbons (Fsp3) is 0.300. The number of amides is 2. The molecular weight excluding hydrogens is 373 g/mol. The molecule has 2 N–H and O–H groups in total. The fourth-order valence-corrected chi connectivity index (χ4v) is 2.75. The van der Waals surface area contributed by atoms with Crippen LogP contribution in [0.5, 0.6) is 0 Å². The highest BCUT2D eigenvalue weighted by Gasteiger charge is 2.19. The van der Waals surface area contributed by atoms with Gasteiger partial charge in [0.15, 0.2) is 17.5 Å². The van der Waals surface area contributed by atoms with Crippen molar-refractivity contribution >= 4 is 12.0 Å². The van der Waals surface area contributed by atoms with Gasteiger partial charge in [0.05, 0.1) is 0 Å². The molecule has 0 heterocycles. The molecule has 2 amide bonds. The van der Waals surface area contributed by atoms with Crippen molar-refractivity contribution in [1.29, 1.82) is 0 Å². The number of rotatable bonds is 8. The number of aliphatic carboxylic acids is 1. The van der Waals surface area contributed by atoms with Crippen LogP contribution in [0, 0.1) is 17.5 Å². The number of nitrogens with one attached hydrogen (secondary N) is 1. The van der Waals surface area contributed by atoms with E-state index in [0.29, 0.717) is 6.42 Å². The van der Waals surface area contributed by atoms with Crippen molar-refractivity contribution in [3.05, 3.63) is 71.0 Å². The van der Waals surface area contributed by atoms with Crippen LogP contribution in [0.2, 0.25) is 0 Å². The first-order valence-electron chi connectivity index (χ1n) is 8.67. The molecule has 0 fully saturated rings. The van der Waals surface area contributed by atoms with E-state index >= 15 is 0 Å². The molecule has 0 aliphatic heterocycles. The van der Waals surface area contributed by atoms with E-state index in [-0.39, 0.29) is 24.9 Å². The van der Waals surface area contributed by atoms with Gasteiger partial charge in [0.2, 0.25) is 0 Å². The number of carbonyl (C=O) groups is 2. The molecule has 150 valence electrons. The first-order valence-corrected chi connectivity index (χ1v) is 8.67. The average molecular weight is 394 g/mol. The molecule has 28 heavy (non-hydrogen) atoms. The van der Waals surface area contributed by atoms with Gasteiger partial charge in [0, 0.05) is 26.1 Å². The number of urea groups is 1. The van der Waals surface area contributed by atoms with Gasteiger partial charge in [0.1, 0.15) is 0 Å². The molecular formula is C20H21F3N2O3. The number of hydrogen-bond acceptors (Lipinski definition) is 2. The standard InChI is InChI=1S/C20H21F3N2O3/c1-25(12-14-10-16(21)19(23)17(22)11-14)20(28)24-15(7-8-18(26)27)9-13-5-3-2-4-6-13/h2-6,10-11,15H,7-9,12H2,1H3,(H,24,28)(H,26,27). The van der Waals surface area contributed by atoms with Crippen LogP contribution >= 0.6 is 0 Å². The molecule has 2 rings (SSSR count). The quantitative estimate of drug-likeness (QED) is 0.671. The number of carbonyl (C=O) groups excluding carboxylic acids is 1. The Kier molecular flexibility index (Phi) is 7.43. The Morgan fingerprint density at radius 1 is 1.07 bits per heavy atom. The minimum absolute atomic E-state index is 0.0965. The molecule has 0 saturated heterocycles. The topological polar surface area (TPSA) is 69.6 Å². The highest BCUT2D eigenvalue weighted by molar-refractivity contribution is 5.74. The first kappa shape index (κ1) is 21.3. The second-order valence-corrected chi connectivity index (χ2v) is 6.50. The van der Waals surface area contributed by atoms with Crippen LogP contribution in [-0.4, -0.2) is 35.1 Å². The van der Waals surface area contributed by atoms with E-state index in [2.05, 4.69) is 5.32 Å². The Hall–Kier alpha value is -3.03. The maximum atomic E-state index is 13.3. The highest BCUT2D eigenvalue weighted by Crippen LogP contribution is 2.15. The lowest BCUT2D eigenvalue weighted by Crippen LogP contribution is -2.44. The minimum atomic E-state index is -1.56. The Morgan fingerprint density at radius 3 is 2.25 bits per heavy atom.